The van der Waals surface area contributed by atoms with E-state index in [0.29, 0.717) is 31.9 Å². The highest BCUT2D eigenvalue weighted by molar-refractivity contribution is 5.98. The third kappa shape index (κ3) is 4.44. The Hall–Kier alpha value is -4.13. The molecule has 0 radical (unpaired) electrons. The van der Waals surface area contributed by atoms with Gasteiger partial charge in [-0.05, 0) is 50.2 Å². The van der Waals surface area contributed by atoms with Crippen LogP contribution in [0.25, 0.3) is 11.0 Å². The SMILES string of the molecule is CCOc1ccccc1N1C[C@H](c2nc3ccccc3n2CC(=O)N(CC)c2ccccc2)CC1=O. The first-order valence-electron chi connectivity index (χ1n) is 12.4. The largest absolute Gasteiger partial charge is 0.492 e. The van der Waals surface area contributed by atoms with Gasteiger partial charge in [0, 0.05) is 31.1 Å². The molecule has 3 aromatic carbocycles. The van der Waals surface area contributed by atoms with E-state index in [9.17, 15) is 9.59 Å². The summed E-state index contributed by atoms with van der Waals surface area (Å²) in [7, 11) is 0. The van der Waals surface area contributed by atoms with Crippen molar-refractivity contribution in [3.8, 4) is 5.75 Å². The summed E-state index contributed by atoms with van der Waals surface area (Å²) in [6.45, 7) is 5.63. The van der Waals surface area contributed by atoms with Crippen LogP contribution in [0, 0.1) is 0 Å². The van der Waals surface area contributed by atoms with Crippen molar-refractivity contribution in [2.75, 3.05) is 29.5 Å². The number of fused-ring (bicyclic) bond motifs is 1. The molecule has 2 amide bonds. The standard InChI is InChI=1S/C29H30N4O3/c1-3-31(22-12-6-5-7-13-22)28(35)20-33-24-15-9-8-14-23(24)30-29(33)21-18-27(34)32(19-21)25-16-10-11-17-26(25)36-4-2/h5-17,21H,3-4,18-20H2,1-2H3/t21-/m1/s1. The van der Waals surface area contributed by atoms with Crippen LogP contribution < -0.4 is 14.5 Å². The van der Waals surface area contributed by atoms with Crippen LogP contribution in [0.2, 0.25) is 0 Å². The predicted octanol–water partition coefficient (Wildman–Crippen LogP) is 5.01. The first-order chi connectivity index (χ1) is 17.6. The second-order valence-corrected chi connectivity index (χ2v) is 8.82. The van der Waals surface area contributed by atoms with Gasteiger partial charge in [-0.15, -0.1) is 0 Å². The van der Waals surface area contributed by atoms with Gasteiger partial charge in [0.25, 0.3) is 0 Å². The minimum Gasteiger partial charge on any atom is -0.492 e. The van der Waals surface area contributed by atoms with Crippen molar-refractivity contribution in [3.63, 3.8) is 0 Å². The van der Waals surface area contributed by atoms with Gasteiger partial charge in [-0.3, -0.25) is 9.59 Å². The third-order valence-electron chi connectivity index (χ3n) is 6.61. The van der Waals surface area contributed by atoms with Gasteiger partial charge >= 0.3 is 0 Å². The summed E-state index contributed by atoms with van der Waals surface area (Å²) in [5, 5.41) is 0. The second-order valence-electron chi connectivity index (χ2n) is 8.82. The van der Waals surface area contributed by atoms with Crippen molar-refractivity contribution in [1.82, 2.24) is 9.55 Å². The first-order valence-corrected chi connectivity index (χ1v) is 12.4. The molecule has 1 saturated heterocycles. The summed E-state index contributed by atoms with van der Waals surface area (Å²) in [6.07, 6.45) is 0.328. The molecule has 0 spiro atoms. The average molecular weight is 483 g/mol. The maximum absolute atomic E-state index is 13.5. The Kier molecular flexibility index (Phi) is 6.71. The molecule has 4 aromatic rings. The topological polar surface area (TPSA) is 67.7 Å². The lowest BCUT2D eigenvalue weighted by molar-refractivity contribution is -0.119. The number of imidazole rings is 1. The van der Waals surface area contributed by atoms with E-state index in [0.717, 1.165) is 28.2 Å². The van der Waals surface area contributed by atoms with E-state index in [1.165, 1.54) is 0 Å². The number of hydrogen-bond acceptors (Lipinski definition) is 4. The van der Waals surface area contributed by atoms with Crippen molar-refractivity contribution >= 4 is 34.2 Å². The highest BCUT2D eigenvalue weighted by atomic mass is 16.5. The summed E-state index contributed by atoms with van der Waals surface area (Å²) in [6, 6.07) is 25.1. The summed E-state index contributed by atoms with van der Waals surface area (Å²) < 4.78 is 7.76. The van der Waals surface area contributed by atoms with Gasteiger partial charge in [-0.1, -0.05) is 42.5 Å². The molecule has 2 heterocycles. The lowest BCUT2D eigenvalue weighted by atomic mass is 10.1. The number of rotatable bonds is 8. The third-order valence-corrected chi connectivity index (χ3v) is 6.61. The van der Waals surface area contributed by atoms with Crippen molar-refractivity contribution < 1.29 is 14.3 Å². The molecular formula is C29H30N4O3. The molecule has 1 aromatic heterocycles. The molecule has 0 N–H and O–H groups in total. The average Bonchev–Trinajstić information content (AvgIpc) is 3.46. The molecule has 5 rings (SSSR count). The zero-order valence-electron chi connectivity index (χ0n) is 20.6. The number of anilines is 2. The van der Waals surface area contributed by atoms with Crippen molar-refractivity contribution in [2.24, 2.45) is 0 Å². The molecule has 7 nitrogen and oxygen atoms in total. The molecular weight excluding hydrogens is 452 g/mol. The van der Waals surface area contributed by atoms with E-state index in [-0.39, 0.29) is 24.3 Å². The van der Waals surface area contributed by atoms with Crippen LogP contribution >= 0.6 is 0 Å². The fraction of sp³-hybridized carbons (Fsp3) is 0.276. The number of ether oxygens (including phenoxy) is 1. The van der Waals surface area contributed by atoms with E-state index >= 15 is 0 Å². The molecule has 1 aliphatic heterocycles. The summed E-state index contributed by atoms with van der Waals surface area (Å²) in [5.74, 6) is 1.32. The predicted molar refractivity (Wildman–Crippen MR) is 142 cm³/mol. The number of para-hydroxylation sites is 5. The summed E-state index contributed by atoms with van der Waals surface area (Å²) in [5.41, 5.74) is 3.35. The monoisotopic (exact) mass is 482 g/mol. The number of likely N-dealkylation sites (N-methyl/N-ethyl adjacent to an activating group) is 1. The van der Waals surface area contributed by atoms with Gasteiger partial charge in [-0.25, -0.2) is 4.98 Å². The Labute approximate surface area is 210 Å². The molecule has 1 aliphatic rings. The van der Waals surface area contributed by atoms with Gasteiger partial charge in [0.2, 0.25) is 11.8 Å². The molecule has 184 valence electrons. The molecule has 0 unspecified atom stereocenters. The molecule has 0 bridgehead atoms. The van der Waals surface area contributed by atoms with Crippen LogP contribution in [0.3, 0.4) is 0 Å². The highest BCUT2D eigenvalue weighted by Gasteiger charge is 2.36. The van der Waals surface area contributed by atoms with Crippen LogP contribution in [-0.4, -0.2) is 41.1 Å². The normalized spacial score (nSPS) is 15.4. The first kappa shape index (κ1) is 23.6. The van der Waals surface area contributed by atoms with E-state index in [4.69, 9.17) is 9.72 Å². The Morgan fingerprint density at radius 1 is 1.00 bits per heavy atom. The number of carbonyl (C=O) groups excluding carboxylic acids is 2. The minimum atomic E-state index is -0.140. The highest BCUT2D eigenvalue weighted by Crippen LogP contribution is 2.37. The Balaban J connectivity index is 1.48. The van der Waals surface area contributed by atoms with Gasteiger partial charge in [0.05, 0.1) is 23.3 Å². The number of amides is 2. The Bertz CT molecular complexity index is 1380. The second kappa shape index (κ2) is 10.2. The van der Waals surface area contributed by atoms with Gasteiger partial charge in [0.1, 0.15) is 18.1 Å². The number of nitrogens with zero attached hydrogens (tertiary/aromatic N) is 4. The van der Waals surface area contributed by atoms with Gasteiger partial charge in [-0.2, -0.15) is 0 Å². The number of aromatic nitrogens is 2. The van der Waals surface area contributed by atoms with Gasteiger partial charge in [0.15, 0.2) is 0 Å². The van der Waals surface area contributed by atoms with Crippen molar-refractivity contribution in [1.29, 1.82) is 0 Å². The quantitative estimate of drug-likeness (QED) is 0.354. The Morgan fingerprint density at radius 3 is 2.50 bits per heavy atom. The molecule has 7 heteroatoms. The number of carbonyl (C=O) groups is 2. The lowest BCUT2D eigenvalue weighted by Gasteiger charge is -2.23. The summed E-state index contributed by atoms with van der Waals surface area (Å²) in [4.78, 5) is 35.1. The van der Waals surface area contributed by atoms with E-state index in [1.54, 1.807) is 9.80 Å². The van der Waals surface area contributed by atoms with Gasteiger partial charge < -0.3 is 19.1 Å². The van der Waals surface area contributed by atoms with Crippen LogP contribution in [0.5, 0.6) is 5.75 Å². The van der Waals surface area contributed by atoms with Crippen LogP contribution in [0.4, 0.5) is 11.4 Å². The molecule has 1 atom stereocenters. The van der Waals surface area contributed by atoms with Crippen LogP contribution in [-0.2, 0) is 16.1 Å². The lowest BCUT2D eigenvalue weighted by Crippen LogP contribution is -2.34. The smallest absolute Gasteiger partial charge is 0.246 e. The molecule has 36 heavy (non-hydrogen) atoms. The van der Waals surface area contributed by atoms with E-state index in [2.05, 4.69) is 0 Å². The van der Waals surface area contributed by atoms with Crippen LogP contribution in [0.1, 0.15) is 32.0 Å². The van der Waals surface area contributed by atoms with Crippen molar-refractivity contribution in [3.05, 3.63) is 84.7 Å². The van der Waals surface area contributed by atoms with E-state index < -0.39 is 0 Å². The maximum atomic E-state index is 13.5. The zero-order valence-corrected chi connectivity index (χ0v) is 20.6. The molecule has 1 fully saturated rings. The fourth-order valence-electron chi connectivity index (χ4n) is 4.97. The van der Waals surface area contributed by atoms with E-state index in [1.807, 2.05) is 97.3 Å². The number of benzene rings is 3. The molecule has 0 aliphatic carbocycles. The fourth-order valence-corrected chi connectivity index (χ4v) is 4.97. The maximum Gasteiger partial charge on any atom is 0.246 e. The number of hydrogen-bond donors (Lipinski definition) is 0. The summed E-state index contributed by atoms with van der Waals surface area (Å²) >= 11 is 0. The Morgan fingerprint density at radius 2 is 1.72 bits per heavy atom. The van der Waals surface area contributed by atoms with Crippen LogP contribution in [0.15, 0.2) is 78.9 Å². The molecule has 0 saturated carbocycles. The van der Waals surface area contributed by atoms with Crippen molar-refractivity contribution in [2.45, 2.75) is 32.7 Å². The minimum absolute atomic E-state index is 0.0176. The zero-order chi connectivity index (χ0) is 25.1.